The molecule has 0 bridgehead atoms. The first-order valence-electron chi connectivity index (χ1n) is 7.84. The van der Waals surface area contributed by atoms with Crippen LogP contribution in [0.5, 0.6) is 0 Å². The lowest BCUT2D eigenvalue weighted by Gasteiger charge is -2.04. The number of aromatic amines is 1. The molecule has 6 heteroatoms. The number of thiazole rings is 1. The van der Waals surface area contributed by atoms with Crippen molar-refractivity contribution in [3.8, 4) is 11.4 Å². The number of rotatable bonds is 6. The number of anilines is 1. The Morgan fingerprint density at radius 1 is 1.35 bits per heavy atom. The van der Waals surface area contributed by atoms with Gasteiger partial charge >= 0.3 is 5.97 Å². The smallest absolute Gasteiger partial charge is 0.339 e. The van der Waals surface area contributed by atoms with Crippen LogP contribution in [0.1, 0.15) is 46.8 Å². The number of H-pyrrole nitrogens is 1. The van der Waals surface area contributed by atoms with Gasteiger partial charge in [-0.05, 0) is 38.7 Å². The summed E-state index contributed by atoms with van der Waals surface area (Å²) in [5, 5.41) is 4.30. The fourth-order valence-corrected chi connectivity index (χ4v) is 3.41. The summed E-state index contributed by atoms with van der Waals surface area (Å²) in [5.41, 5.74) is 4.10. The van der Waals surface area contributed by atoms with Crippen LogP contribution in [0.15, 0.2) is 0 Å². The molecule has 2 aromatic rings. The zero-order valence-corrected chi connectivity index (χ0v) is 15.5. The van der Waals surface area contributed by atoms with Crippen LogP contribution in [0.2, 0.25) is 0 Å². The first-order chi connectivity index (χ1) is 10.8. The van der Waals surface area contributed by atoms with Gasteiger partial charge in [-0.2, -0.15) is 0 Å². The van der Waals surface area contributed by atoms with E-state index in [4.69, 9.17) is 9.72 Å². The molecule has 0 saturated heterocycles. The van der Waals surface area contributed by atoms with E-state index < -0.39 is 0 Å². The van der Waals surface area contributed by atoms with E-state index in [9.17, 15) is 4.79 Å². The van der Waals surface area contributed by atoms with Crippen LogP contribution in [0.3, 0.4) is 0 Å². The average molecular weight is 335 g/mol. The first kappa shape index (κ1) is 17.5. The summed E-state index contributed by atoms with van der Waals surface area (Å²) in [6.45, 7) is 11.2. The van der Waals surface area contributed by atoms with E-state index >= 15 is 0 Å². The number of nitrogens with one attached hydrogen (secondary N) is 2. The van der Waals surface area contributed by atoms with Crippen LogP contribution < -0.4 is 5.32 Å². The predicted molar refractivity (Wildman–Crippen MR) is 95.4 cm³/mol. The molecular weight excluding hydrogens is 310 g/mol. The Kier molecular flexibility index (Phi) is 5.46. The quantitative estimate of drug-likeness (QED) is 0.772. The number of esters is 1. The lowest BCUT2D eigenvalue weighted by molar-refractivity contribution is 0.0599. The molecule has 0 atom stereocenters. The molecule has 0 aliphatic rings. The van der Waals surface area contributed by atoms with Gasteiger partial charge < -0.3 is 15.0 Å². The molecule has 0 aliphatic carbocycles. The van der Waals surface area contributed by atoms with E-state index in [0.717, 1.165) is 45.6 Å². The van der Waals surface area contributed by atoms with Crippen molar-refractivity contribution in [2.45, 2.75) is 41.0 Å². The van der Waals surface area contributed by atoms with Gasteiger partial charge in [0.25, 0.3) is 0 Å². The maximum Gasteiger partial charge on any atom is 0.339 e. The molecule has 0 aromatic carbocycles. The summed E-state index contributed by atoms with van der Waals surface area (Å²) < 4.78 is 4.87. The molecule has 2 aromatic heterocycles. The third kappa shape index (κ3) is 3.75. The zero-order valence-electron chi connectivity index (χ0n) is 14.7. The Morgan fingerprint density at radius 3 is 2.65 bits per heavy atom. The molecule has 2 rings (SSSR count). The van der Waals surface area contributed by atoms with Gasteiger partial charge in [0.2, 0.25) is 0 Å². The minimum atomic E-state index is -0.314. The highest BCUT2D eigenvalue weighted by atomic mass is 32.1. The van der Waals surface area contributed by atoms with Gasteiger partial charge in [0, 0.05) is 17.1 Å². The van der Waals surface area contributed by atoms with E-state index in [1.807, 2.05) is 20.8 Å². The number of hydrogen-bond donors (Lipinski definition) is 2. The highest BCUT2D eigenvalue weighted by Gasteiger charge is 2.22. The van der Waals surface area contributed by atoms with E-state index in [-0.39, 0.29) is 5.97 Å². The topological polar surface area (TPSA) is 67.0 Å². The molecule has 0 fully saturated rings. The van der Waals surface area contributed by atoms with E-state index in [0.29, 0.717) is 11.5 Å². The van der Waals surface area contributed by atoms with Crippen molar-refractivity contribution in [3.63, 3.8) is 0 Å². The highest BCUT2D eigenvalue weighted by Crippen LogP contribution is 2.34. The zero-order chi connectivity index (χ0) is 17.1. The number of hydrogen-bond acceptors (Lipinski definition) is 5. The number of nitrogens with zero attached hydrogens (tertiary/aromatic N) is 1. The minimum absolute atomic E-state index is 0.314. The number of aryl methyl sites for hydroxylation is 2. The van der Waals surface area contributed by atoms with Crippen molar-refractivity contribution in [2.24, 2.45) is 5.92 Å². The van der Waals surface area contributed by atoms with Crippen LogP contribution in [0.25, 0.3) is 11.4 Å². The Labute approximate surface area is 141 Å². The molecule has 0 spiro atoms. The Balaban J connectivity index is 2.29. The fourth-order valence-electron chi connectivity index (χ4n) is 2.57. The average Bonchev–Trinajstić information content (AvgIpc) is 2.98. The van der Waals surface area contributed by atoms with E-state index in [1.54, 1.807) is 11.3 Å². The second-order valence-electron chi connectivity index (χ2n) is 6.15. The van der Waals surface area contributed by atoms with Crippen LogP contribution >= 0.6 is 11.3 Å². The van der Waals surface area contributed by atoms with Gasteiger partial charge in [-0.3, -0.25) is 0 Å². The van der Waals surface area contributed by atoms with Crippen LogP contribution in [-0.4, -0.2) is 29.6 Å². The van der Waals surface area contributed by atoms with Crippen molar-refractivity contribution in [1.29, 1.82) is 0 Å². The van der Waals surface area contributed by atoms with Crippen LogP contribution in [-0.2, 0) is 4.74 Å². The minimum Gasteiger partial charge on any atom is -0.465 e. The van der Waals surface area contributed by atoms with Crippen molar-refractivity contribution < 1.29 is 9.53 Å². The lowest BCUT2D eigenvalue weighted by Crippen LogP contribution is -2.04. The maximum absolute atomic E-state index is 11.9. The summed E-state index contributed by atoms with van der Waals surface area (Å²) in [6, 6.07) is 0. The monoisotopic (exact) mass is 335 g/mol. The largest absolute Gasteiger partial charge is 0.465 e. The Morgan fingerprint density at radius 2 is 2.04 bits per heavy atom. The van der Waals surface area contributed by atoms with E-state index in [1.165, 1.54) is 7.11 Å². The molecule has 0 amide bonds. The molecule has 2 heterocycles. The SMILES string of the molecule is COC(=O)c1c(C)[nH]c(-c2nc(NCCC(C)C)sc2C)c1C. The molecule has 0 saturated carbocycles. The summed E-state index contributed by atoms with van der Waals surface area (Å²) in [6.07, 6.45) is 1.11. The van der Waals surface area contributed by atoms with Crippen LogP contribution in [0, 0.1) is 26.7 Å². The number of aromatic nitrogens is 2. The van der Waals surface area contributed by atoms with Gasteiger partial charge in [0.1, 0.15) is 5.69 Å². The standard InChI is InChI=1S/C17H25N3O2S/c1-9(2)7-8-18-17-20-15(12(5)23-17)14-10(3)13(11(4)19-14)16(21)22-6/h9,19H,7-8H2,1-6H3,(H,18,20). The van der Waals surface area contributed by atoms with Crippen LogP contribution in [0.4, 0.5) is 5.13 Å². The van der Waals surface area contributed by atoms with Crippen molar-refractivity contribution in [1.82, 2.24) is 9.97 Å². The van der Waals surface area contributed by atoms with Crippen molar-refractivity contribution in [2.75, 3.05) is 19.0 Å². The summed E-state index contributed by atoms with van der Waals surface area (Å²) in [5.74, 6) is 0.351. The molecule has 23 heavy (non-hydrogen) atoms. The fraction of sp³-hybridized carbons (Fsp3) is 0.529. The maximum atomic E-state index is 11.9. The van der Waals surface area contributed by atoms with Gasteiger partial charge in [-0.1, -0.05) is 13.8 Å². The third-order valence-electron chi connectivity index (χ3n) is 3.86. The number of carbonyl (C=O) groups is 1. The second kappa shape index (κ2) is 7.17. The van der Waals surface area contributed by atoms with Gasteiger partial charge in [0.15, 0.2) is 5.13 Å². The normalized spacial score (nSPS) is 11.1. The van der Waals surface area contributed by atoms with Gasteiger partial charge in [0.05, 0.1) is 18.4 Å². The van der Waals surface area contributed by atoms with E-state index in [2.05, 4.69) is 24.1 Å². The summed E-state index contributed by atoms with van der Waals surface area (Å²) >= 11 is 1.64. The number of carbonyl (C=O) groups excluding carboxylic acids is 1. The third-order valence-corrected chi connectivity index (χ3v) is 4.79. The molecule has 126 valence electrons. The van der Waals surface area contributed by atoms with Gasteiger partial charge in [-0.15, -0.1) is 11.3 Å². The summed E-state index contributed by atoms with van der Waals surface area (Å²) in [7, 11) is 1.40. The molecule has 0 unspecified atom stereocenters. The molecule has 2 N–H and O–H groups in total. The molecular formula is C17H25N3O2S. The Bertz CT molecular complexity index is 701. The lowest BCUT2D eigenvalue weighted by atomic mass is 10.1. The molecule has 0 radical (unpaired) electrons. The number of methoxy groups -OCH3 is 1. The van der Waals surface area contributed by atoms with Crippen molar-refractivity contribution in [3.05, 3.63) is 21.7 Å². The second-order valence-corrected chi connectivity index (χ2v) is 7.35. The number of ether oxygens (including phenoxy) is 1. The van der Waals surface area contributed by atoms with Crippen molar-refractivity contribution >= 4 is 22.4 Å². The first-order valence-corrected chi connectivity index (χ1v) is 8.65. The summed E-state index contributed by atoms with van der Waals surface area (Å²) in [4.78, 5) is 21.0. The predicted octanol–water partition coefficient (Wildman–Crippen LogP) is 4.31. The molecule has 0 aliphatic heterocycles. The molecule has 5 nitrogen and oxygen atoms in total. The highest BCUT2D eigenvalue weighted by molar-refractivity contribution is 7.16. The van der Waals surface area contributed by atoms with Gasteiger partial charge in [-0.25, -0.2) is 9.78 Å². The Hall–Kier alpha value is -1.82.